The van der Waals surface area contributed by atoms with Gasteiger partial charge in [-0.25, -0.2) is 13.8 Å². The van der Waals surface area contributed by atoms with E-state index in [4.69, 9.17) is 15.2 Å². The third kappa shape index (κ3) is 17.6. The van der Waals surface area contributed by atoms with Gasteiger partial charge >= 0.3 is 0 Å². The Bertz CT molecular complexity index is 3060. The van der Waals surface area contributed by atoms with Crippen molar-refractivity contribution in [3.63, 3.8) is 0 Å². The standard InChI is InChI=1S/C29H34FN5O2.C19H26N4O2.C10H10FNS/c1-6-35(7-2)18-22(36)15-21-16-24(12-13-31-21)37-23-9-11-28-27(17-23)33-29(34(28)5)32-26-14-20(19(3)4)8-10-25(26)30;1-4-23(5-2)13-15(24)10-14-11-17(8-9-22-14)25-16-6-7-19(21-3)18(20)12-16;1-7(2)8-3-4-9(11)10(5-8)12-6-13/h8-14,16-17,19H,6-7,15,18H2,1-5H3,(H,32,33);6-9,11-12,21H,4-5,10,13,20H2,1-3H3;3-5,7H,1-2H3. The molecule has 7 aromatic rings. The van der Waals surface area contributed by atoms with Crippen LogP contribution in [0.25, 0.3) is 11.0 Å². The van der Waals surface area contributed by atoms with Crippen LogP contribution in [0.5, 0.6) is 23.0 Å². The molecule has 0 unspecified atom stereocenters. The van der Waals surface area contributed by atoms with Crippen molar-refractivity contribution in [1.29, 1.82) is 0 Å². The Balaban J connectivity index is 0.000000235. The molecule has 0 amide bonds. The molecule has 4 aromatic carbocycles. The second-order valence-electron chi connectivity index (χ2n) is 18.3. The van der Waals surface area contributed by atoms with Crippen LogP contribution in [0.3, 0.4) is 0 Å². The van der Waals surface area contributed by atoms with E-state index in [1.807, 2.05) is 82.8 Å². The van der Waals surface area contributed by atoms with Crippen LogP contribution < -0.4 is 25.8 Å². The number of imidazole rings is 1. The van der Waals surface area contributed by atoms with Crippen molar-refractivity contribution in [3.8, 4) is 23.0 Å². The second-order valence-corrected chi connectivity index (χ2v) is 18.4. The number of halogens is 2. The zero-order chi connectivity index (χ0) is 54.6. The minimum Gasteiger partial charge on any atom is -0.457 e. The van der Waals surface area contributed by atoms with Crippen LogP contribution in [0.2, 0.25) is 0 Å². The number of hydrogen-bond donors (Lipinski definition) is 3. The smallest absolute Gasteiger partial charge is 0.208 e. The predicted octanol–water partition coefficient (Wildman–Crippen LogP) is 12.9. The molecule has 4 N–H and O–H groups in total. The van der Waals surface area contributed by atoms with Gasteiger partial charge in [0.15, 0.2) is 11.6 Å². The fourth-order valence-corrected chi connectivity index (χ4v) is 7.84. The van der Waals surface area contributed by atoms with Crippen molar-refractivity contribution in [2.75, 3.05) is 62.7 Å². The van der Waals surface area contributed by atoms with Crippen molar-refractivity contribution in [3.05, 3.63) is 144 Å². The molecule has 7 rings (SSSR count). The van der Waals surface area contributed by atoms with Crippen molar-refractivity contribution in [1.82, 2.24) is 29.3 Å². The maximum Gasteiger partial charge on any atom is 0.208 e. The van der Waals surface area contributed by atoms with Crippen molar-refractivity contribution < 1.29 is 27.8 Å². The van der Waals surface area contributed by atoms with E-state index >= 15 is 0 Å². The van der Waals surface area contributed by atoms with Gasteiger partial charge in [0.1, 0.15) is 40.3 Å². The third-order valence-corrected chi connectivity index (χ3v) is 12.3. The minimum atomic E-state index is -0.359. The zero-order valence-corrected chi connectivity index (χ0v) is 45.5. The van der Waals surface area contributed by atoms with E-state index in [-0.39, 0.29) is 41.2 Å². The minimum absolute atomic E-state index is 0.124. The SMILES string of the molecule is CC(C)c1ccc(F)c(N=C=S)c1.CCN(CC)CC(=O)Cc1cc(Oc2ccc(NC)c(N)c2)ccn1.CCN(CC)CC(=O)Cc1cc(Oc2ccc3c(c2)nc(Nc2cc(C(C)C)ccc2F)n3C)ccn1. The Morgan fingerprint density at radius 3 is 1.71 bits per heavy atom. The van der Waals surface area contributed by atoms with E-state index in [1.165, 1.54) is 12.1 Å². The van der Waals surface area contributed by atoms with Crippen molar-refractivity contribution in [2.24, 2.45) is 12.0 Å². The lowest BCUT2D eigenvalue weighted by atomic mass is 10.0. The van der Waals surface area contributed by atoms with Crippen molar-refractivity contribution in [2.45, 2.75) is 80.1 Å². The van der Waals surface area contributed by atoms with Crippen molar-refractivity contribution >= 4 is 68.7 Å². The lowest BCUT2D eigenvalue weighted by molar-refractivity contribution is -0.120. The van der Waals surface area contributed by atoms with Crippen LogP contribution in [0.1, 0.15) is 89.7 Å². The highest BCUT2D eigenvalue weighted by atomic mass is 32.1. The van der Waals surface area contributed by atoms with Gasteiger partial charge in [-0.2, -0.15) is 4.99 Å². The molecule has 0 bridgehead atoms. The highest BCUT2D eigenvalue weighted by Crippen LogP contribution is 2.31. The number of carbonyl (C=O) groups is 2. The summed E-state index contributed by atoms with van der Waals surface area (Å²) in [7, 11) is 3.70. The zero-order valence-electron chi connectivity index (χ0n) is 44.7. The Hall–Kier alpha value is -7.43. The van der Waals surface area contributed by atoms with Gasteiger partial charge in [0, 0.05) is 50.8 Å². The summed E-state index contributed by atoms with van der Waals surface area (Å²) >= 11 is 4.42. The molecule has 0 radical (unpaired) electrons. The van der Waals surface area contributed by atoms with Crippen LogP contribution in [0.4, 0.5) is 37.5 Å². The topological polar surface area (TPSA) is 165 Å². The number of ketones is 2. The number of rotatable bonds is 22. The highest BCUT2D eigenvalue weighted by Gasteiger charge is 2.15. The molecule has 3 heterocycles. The van der Waals surface area contributed by atoms with E-state index < -0.39 is 0 Å². The number of aromatic nitrogens is 4. The first-order chi connectivity index (χ1) is 36.0. The maximum absolute atomic E-state index is 14.5. The Kier molecular flexibility index (Phi) is 22.5. The van der Waals surface area contributed by atoms with Crippen LogP contribution in [0, 0.1) is 11.6 Å². The average molecular weight is 1040 g/mol. The normalized spacial score (nSPS) is 10.9. The number of Topliss-reactive ketones (excluding diaryl/α,β-unsaturated/α-hetero) is 2. The van der Waals surface area contributed by atoms with Gasteiger partial charge in [-0.15, -0.1) is 0 Å². The molecule has 0 spiro atoms. The molecule has 0 aliphatic heterocycles. The van der Waals surface area contributed by atoms with Gasteiger partial charge in [-0.1, -0.05) is 67.5 Å². The average Bonchev–Trinajstić information content (AvgIpc) is 3.69. The molecule has 0 aliphatic rings. The Labute approximate surface area is 445 Å². The molecule has 0 saturated carbocycles. The number of fused-ring (bicyclic) bond motifs is 1. The summed E-state index contributed by atoms with van der Waals surface area (Å²) in [6.07, 6.45) is 3.86. The summed E-state index contributed by atoms with van der Waals surface area (Å²) in [5.41, 5.74) is 13.1. The number of thiocarbonyl (C=S) groups is 1. The predicted molar refractivity (Wildman–Crippen MR) is 302 cm³/mol. The molecule has 0 atom stereocenters. The van der Waals surface area contributed by atoms with Gasteiger partial charge in [0.25, 0.3) is 0 Å². The number of likely N-dealkylation sites (N-methyl/N-ethyl adjacent to an activating group) is 2. The number of hydrogen-bond acceptors (Lipinski definition) is 14. The largest absolute Gasteiger partial charge is 0.457 e. The molecular formula is C58H70F2N10O4S. The fraction of sp³-hybridized carbons (Fsp3) is 0.345. The molecule has 14 nitrogen and oxygen atoms in total. The number of pyridine rings is 2. The molecular weight excluding hydrogens is 971 g/mol. The molecule has 0 saturated heterocycles. The number of isothiocyanates is 1. The van der Waals surface area contributed by atoms with E-state index in [0.29, 0.717) is 82.7 Å². The number of nitrogens with two attached hydrogens (primary N) is 1. The van der Waals surface area contributed by atoms with Gasteiger partial charge in [0.05, 0.1) is 70.6 Å². The number of nitrogens with one attached hydrogen (secondary N) is 2. The summed E-state index contributed by atoms with van der Waals surface area (Å²) in [5, 5.41) is 8.30. The van der Waals surface area contributed by atoms with Gasteiger partial charge in [-0.3, -0.25) is 29.4 Å². The van der Waals surface area contributed by atoms with Gasteiger partial charge in [-0.05, 0) is 122 Å². The first-order valence-electron chi connectivity index (χ1n) is 25.2. The first-order valence-corrected chi connectivity index (χ1v) is 25.6. The fourth-order valence-electron chi connectivity index (χ4n) is 7.74. The quantitative estimate of drug-likeness (QED) is 0.0334. The third-order valence-electron chi connectivity index (χ3n) is 12.2. The molecule has 17 heteroatoms. The number of anilines is 4. The van der Waals surface area contributed by atoms with E-state index in [2.05, 4.69) is 85.5 Å². The molecule has 0 fully saturated rings. The summed E-state index contributed by atoms with van der Waals surface area (Å²) < 4.78 is 41.3. The van der Waals surface area contributed by atoms with E-state index in [9.17, 15) is 18.4 Å². The van der Waals surface area contributed by atoms with Gasteiger partial charge in [0.2, 0.25) is 5.95 Å². The monoisotopic (exact) mass is 1040 g/mol. The number of benzene rings is 4. The Morgan fingerprint density at radius 2 is 1.20 bits per heavy atom. The van der Waals surface area contributed by atoms with Crippen LogP contribution in [0.15, 0.2) is 114 Å². The number of nitrogens with zero attached hydrogens (tertiary/aromatic N) is 7. The number of aliphatic imine (C=N–C) groups is 1. The number of aryl methyl sites for hydroxylation is 1. The lowest BCUT2D eigenvalue weighted by Gasteiger charge is -2.16. The van der Waals surface area contributed by atoms with E-state index in [1.54, 1.807) is 60.9 Å². The molecule has 75 heavy (non-hydrogen) atoms. The molecule has 396 valence electrons. The highest BCUT2D eigenvalue weighted by molar-refractivity contribution is 7.78. The van der Waals surface area contributed by atoms with E-state index in [0.717, 1.165) is 48.5 Å². The Morgan fingerprint density at radius 1 is 0.693 bits per heavy atom. The second kappa shape index (κ2) is 28.9. The molecule has 3 aromatic heterocycles. The summed E-state index contributed by atoms with van der Waals surface area (Å²) in [6.45, 7) is 20.7. The number of carbonyl (C=O) groups excluding carboxylic acids is 2. The maximum atomic E-state index is 14.5. The first kappa shape index (κ1) is 58.5. The van der Waals surface area contributed by atoms with Crippen LogP contribution >= 0.6 is 12.2 Å². The van der Waals surface area contributed by atoms with Gasteiger partial charge < -0.3 is 30.4 Å². The number of nitrogen functional groups attached to an aromatic ring is 1. The summed E-state index contributed by atoms with van der Waals surface area (Å²) in [4.78, 5) is 45.7. The summed E-state index contributed by atoms with van der Waals surface area (Å²) in [6, 6.07) is 28.1. The summed E-state index contributed by atoms with van der Waals surface area (Å²) in [5.74, 6) is 3.25. The molecule has 0 aliphatic carbocycles. The number of ether oxygens (including phenoxy) is 2. The van der Waals surface area contributed by atoms with Crippen LogP contribution in [-0.4, -0.2) is 92.4 Å². The lowest BCUT2D eigenvalue weighted by Crippen LogP contribution is -2.30. The van der Waals surface area contributed by atoms with Crippen LogP contribution in [-0.2, 0) is 29.5 Å².